The summed E-state index contributed by atoms with van der Waals surface area (Å²) in [5.74, 6) is -0.283. The van der Waals surface area contributed by atoms with Crippen LogP contribution in [0.2, 0.25) is 0 Å². The zero-order valence-corrected chi connectivity index (χ0v) is 14.5. The zero-order valence-electron chi connectivity index (χ0n) is 14.5. The standard InChI is InChI=1S/C18H22FN5O2/c1-11(25)15-8-12-10-23(6-7-24(12)22-15)18(26)17-9-16(20-21-17)13-4-2-3-5-14(13)19/h2-5,8,11,16-17,20-21,25H,6-7,9-10H2,1H3. The molecule has 0 radical (unpaired) electrons. The number of amides is 1. The van der Waals surface area contributed by atoms with Gasteiger partial charge in [0.2, 0.25) is 5.91 Å². The molecule has 8 heteroatoms. The molecule has 1 amide bonds. The maximum Gasteiger partial charge on any atom is 0.241 e. The lowest BCUT2D eigenvalue weighted by Crippen LogP contribution is -2.48. The van der Waals surface area contributed by atoms with Gasteiger partial charge in [0, 0.05) is 12.1 Å². The number of aromatic nitrogens is 2. The van der Waals surface area contributed by atoms with Crippen molar-refractivity contribution in [3.05, 3.63) is 53.1 Å². The van der Waals surface area contributed by atoms with E-state index in [1.807, 2.05) is 10.7 Å². The second-order valence-electron chi connectivity index (χ2n) is 6.87. The third-order valence-electron chi connectivity index (χ3n) is 5.04. The van der Waals surface area contributed by atoms with E-state index in [-0.39, 0.29) is 17.8 Å². The predicted octanol–water partition coefficient (Wildman–Crippen LogP) is 1.03. The molecule has 1 aromatic heterocycles. The van der Waals surface area contributed by atoms with Crippen LogP contribution in [0.4, 0.5) is 4.39 Å². The van der Waals surface area contributed by atoms with Crippen LogP contribution in [-0.2, 0) is 17.9 Å². The van der Waals surface area contributed by atoms with Gasteiger partial charge in [-0.2, -0.15) is 5.10 Å². The van der Waals surface area contributed by atoms with Crippen LogP contribution in [0, 0.1) is 5.82 Å². The minimum Gasteiger partial charge on any atom is -0.387 e. The van der Waals surface area contributed by atoms with Crippen molar-refractivity contribution >= 4 is 5.91 Å². The molecular weight excluding hydrogens is 337 g/mol. The molecule has 1 saturated heterocycles. The van der Waals surface area contributed by atoms with Crippen molar-refractivity contribution in [1.29, 1.82) is 0 Å². The molecule has 138 valence electrons. The molecule has 0 aliphatic carbocycles. The molecule has 0 bridgehead atoms. The van der Waals surface area contributed by atoms with Gasteiger partial charge < -0.3 is 10.0 Å². The van der Waals surface area contributed by atoms with Crippen molar-refractivity contribution in [2.24, 2.45) is 0 Å². The summed E-state index contributed by atoms with van der Waals surface area (Å²) in [5, 5.41) is 14.0. The summed E-state index contributed by atoms with van der Waals surface area (Å²) in [6.07, 6.45) is -0.131. The number of hydrogen-bond acceptors (Lipinski definition) is 5. The molecule has 2 aliphatic rings. The molecule has 3 heterocycles. The van der Waals surface area contributed by atoms with E-state index in [4.69, 9.17) is 0 Å². The van der Waals surface area contributed by atoms with E-state index in [0.29, 0.717) is 37.3 Å². The van der Waals surface area contributed by atoms with Crippen molar-refractivity contribution < 1.29 is 14.3 Å². The number of carbonyl (C=O) groups is 1. The van der Waals surface area contributed by atoms with Crippen LogP contribution >= 0.6 is 0 Å². The Hall–Kier alpha value is -2.29. The Kier molecular flexibility index (Phi) is 4.47. The summed E-state index contributed by atoms with van der Waals surface area (Å²) < 4.78 is 15.8. The van der Waals surface area contributed by atoms with Gasteiger partial charge in [-0.05, 0) is 25.5 Å². The minimum absolute atomic E-state index is 0.0117. The van der Waals surface area contributed by atoms with Crippen LogP contribution in [0.1, 0.15) is 42.4 Å². The Morgan fingerprint density at radius 2 is 2.15 bits per heavy atom. The lowest BCUT2D eigenvalue weighted by atomic mass is 10.0. The van der Waals surface area contributed by atoms with Crippen molar-refractivity contribution in [2.45, 2.75) is 44.6 Å². The summed E-state index contributed by atoms with van der Waals surface area (Å²) in [7, 11) is 0. The average molecular weight is 359 g/mol. The largest absolute Gasteiger partial charge is 0.387 e. The number of hydrogen-bond donors (Lipinski definition) is 3. The predicted molar refractivity (Wildman–Crippen MR) is 92.1 cm³/mol. The first-order chi connectivity index (χ1) is 12.5. The number of nitrogens with one attached hydrogen (secondary N) is 2. The van der Waals surface area contributed by atoms with Crippen LogP contribution in [0.3, 0.4) is 0 Å². The fraction of sp³-hybridized carbons (Fsp3) is 0.444. The van der Waals surface area contributed by atoms with E-state index in [1.54, 1.807) is 30.0 Å². The highest BCUT2D eigenvalue weighted by atomic mass is 19.1. The molecule has 3 unspecified atom stereocenters. The van der Waals surface area contributed by atoms with Crippen LogP contribution in [0.5, 0.6) is 0 Å². The van der Waals surface area contributed by atoms with E-state index in [1.165, 1.54) is 6.07 Å². The van der Waals surface area contributed by atoms with Crippen molar-refractivity contribution in [1.82, 2.24) is 25.5 Å². The third kappa shape index (κ3) is 3.11. The van der Waals surface area contributed by atoms with E-state index in [2.05, 4.69) is 16.0 Å². The maximum absolute atomic E-state index is 14.0. The molecule has 2 aromatic rings. The summed E-state index contributed by atoms with van der Waals surface area (Å²) in [5.41, 5.74) is 8.14. The van der Waals surface area contributed by atoms with Gasteiger partial charge in [-0.3, -0.25) is 9.48 Å². The summed E-state index contributed by atoms with van der Waals surface area (Å²) in [4.78, 5) is 14.6. The van der Waals surface area contributed by atoms with Gasteiger partial charge in [0.15, 0.2) is 0 Å². The lowest BCUT2D eigenvalue weighted by Gasteiger charge is -2.29. The highest BCUT2D eigenvalue weighted by Gasteiger charge is 2.35. The molecule has 3 atom stereocenters. The fourth-order valence-electron chi connectivity index (χ4n) is 3.58. The average Bonchev–Trinajstić information content (AvgIpc) is 3.28. The maximum atomic E-state index is 14.0. The van der Waals surface area contributed by atoms with Gasteiger partial charge in [-0.25, -0.2) is 15.2 Å². The number of carbonyl (C=O) groups excluding carboxylic acids is 1. The summed E-state index contributed by atoms with van der Waals surface area (Å²) in [6.45, 7) is 3.30. The fourth-order valence-corrected chi connectivity index (χ4v) is 3.58. The number of nitrogens with zero attached hydrogens (tertiary/aromatic N) is 3. The summed E-state index contributed by atoms with van der Waals surface area (Å²) >= 11 is 0. The number of aliphatic hydroxyl groups excluding tert-OH is 1. The smallest absolute Gasteiger partial charge is 0.241 e. The Morgan fingerprint density at radius 1 is 1.35 bits per heavy atom. The second kappa shape index (κ2) is 6.79. The zero-order chi connectivity index (χ0) is 18.3. The first kappa shape index (κ1) is 17.1. The first-order valence-electron chi connectivity index (χ1n) is 8.82. The van der Waals surface area contributed by atoms with Gasteiger partial charge in [-0.15, -0.1) is 0 Å². The van der Waals surface area contributed by atoms with Gasteiger partial charge in [0.1, 0.15) is 11.9 Å². The molecule has 3 N–H and O–H groups in total. The van der Waals surface area contributed by atoms with Gasteiger partial charge in [0.25, 0.3) is 0 Å². The van der Waals surface area contributed by atoms with E-state index in [0.717, 1.165) is 5.69 Å². The van der Waals surface area contributed by atoms with E-state index < -0.39 is 12.1 Å². The Labute approximate surface area is 150 Å². The Morgan fingerprint density at radius 3 is 2.92 bits per heavy atom. The molecule has 1 aromatic carbocycles. The molecule has 1 fully saturated rings. The van der Waals surface area contributed by atoms with E-state index in [9.17, 15) is 14.3 Å². The Bertz CT molecular complexity index is 822. The molecular formula is C18H22FN5O2. The number of fused-ring (bicyclic) bond motifs is 1. The van der Waals surface area contributed by atoms with Crippen molar-refractivity contribution in [3.8, 4) is 0 Å². The summed E-state index contributed by atoms with van der Waals surface area (Å²) in [6, 6.07) is 7.82. The number of benzene rings is 1. The van der Waals surface area contributed by atoms with Gasteiger partial charge in [0.05, 0.1) is 36.6 Å². The first-order valence-corrected chi connectivity index (χ1v) is 8.82. The number of rotatable bonds is 3. The lowest BCUT2D eigenvalue weighted by molar-refractivity contribution is -0.134. The van der Waals surface area contributed by atoms with Gasteiger partial charge >= 0.3 is 0 Å². The molecule has 0 spiro atoms. The molecule has 2 aliphatic heterocycles. The SMILES string of the molecule is CC(O)c1cc2n(n1)CCN(C(=O)C1CC(c3ccccc3F)NN1)C2. The quantitative estimate of drug-likeness (QED) is 0.762. The van der Waals surface area contributed by atoms with Crippen LogP contribution in [-0.4, -0.2) is 38.3 Å². The van der Waals surface area contributed by atoms with Gasteiger partial charge in [-0.1, -0.05) is 18.2 Å². The van der Waals surface area contributed by atoms with Crippen LogP contribution < -0.4 is 10.9 Å². The second-order valence-corrected chi connectivity index (χ2v) is 6.87. The molecule has 4 rings (SSSR count). The third-order valence-corrected chi connectivity index (χ3v) is 5.04. The number of hydrazine groups is 1. The highest BCUT2D eigenvalue weighted by Crippen LogP contribution is 2.26. The van der Waals surface area contributed by atoms with Crippen molar-refractivity contribution in [2.75, 3.05) is 6.54 Å². The number of aliphatic hydroxyl groups is 1. The van der Waals surface area contributed by atoms with Crippen LogP contribution in [0.25, 0.3) is 0 Å². The minimum atomic E-state index is -0.625. The molecule has 26 heavy (non-hydrogen) atoms. The number of halogens is 1. The topological polar surface area (TPSA) is 82.4 Å². The van der Waals surface area contributed by atoms with Crippen molar-refractivity contribution in [3.63, 3.8) is 0 Å². The molecule has 0 saturated carbocycles. The highest BCUT2D eigenvalue weighted by molar-refractivity contribution is 5.82. The monoisotopic (exact) mass is 359 g/mol. The van der Waals surface area contributed by atoms with Crippen LogP contribution in [0.15, 0.2) is 30.3 Å². The normalized spacial score (nSPS) is 23.7. The molecule has 7 nitrogen and oxygen atoms in total. The Balaban J connectivity index is 1.43. The van der Waals surface area contributed by atoms with E-state index >= 15 is 0 Å².